The lowest BCUT2D eigenvalue weighted by Gasteiger charge is -2.46. The van der Waals surface area contributed by atoms with Gasteiger partial charge in [0.25, 0.3) is 0 Å². The molecule has 0 aromatic heterocycles. The van der Waals surface area contributed by atoms with Gasteiger partial charge in [0.2, 0.25) is 23.3 Å². The largest absolute Gasteiger partial charge is 0.304 e. The number of hydrogen-bond donors (Lipinski definition) is 0. The van der Waals surface area contributed by atoms with Gasteiger partial charge in [0.15, 0.2) is 140 Å². The van der Waals surface area contributed by atoms with Crippen LogP contribution in [0.1, 0.15) is 44.5 Å². The van der Waals surface area contributed by atoms with E-state index in [1.54, 1.807) is 0 Å². The summed E-state index contributed by atoms with van der Waals surface area (Å²) in [6.45, 7) is 0. The van der Waals surface area contributed by atoms with E-state index in [9.17, 15) is 17.6 Å². The highest BCUT2D eigenvalue weighted by Gasteiger charge is 2.58. The van der Waals surface area contributed by atoms with Gasteiger partial charge in [-0.3, -0.25) is 0 Å². The zero-order valence-electron chi connectivity index (χ0n) is 43.7. The lowest BCUT2D eigenvalue weighted by Crippen LogP contribution is -2.42. The zero-order valence-corrected chi connectivity index (χ0v) is 43.7. The molecule has 0 N–H and O–H groups in total. The zero-order chi connectivity index (χ0) is 66.9. The average molecular weight is 1320 g/mol. The van der Waals surface area contributed by atoms with Gasteiger partial charge in [-0.1, -0.05) is 72.8 Å². The van der Waals surface area contributed by atoms with Crippen molar-refractivity contribution in [3.8, 4) is 11.1 Å². The third-order valence-electron chi connectivity index (χ3n) is 15.7. The fraction of sp³-hybridized carbons (Fsp3) is 0.0323. The third kappa shape index (κ3) is 7.70. The lowest BCUT2D eigenvalue weighted by molar-refractivity contribution is 0.346. The molecule has 0 radical (unpaired) electrons. The van der Waals surface area contributed by atoms with E-state index in [2.05, 4.69) is 0 Å². The van der Waals surface area contributed by atoms with Crippen molar-refractivity contribution in [2.75, 3.05) is 9.80 Å². The molecule has 0 atom stereocenters. The Morgan fingerprint density at radius 2 is 0.326 bits per heavy atom. The predicted molar refractivity (Wildman–Crippen MR) is 264 cm³/mol. The van der Waals surface area contributed by atoms with Gasteiger partial charge in [-0.15, -0.1) is 0 Å². The smallest absolute Gasteiger partial charge is 0.200 e. The molecule has 0 saturated heterocycles. The molecule has 10 aromatic carbocycles. The number of fused-ring (bicyclic) bond motifs is 4. The third-order valence-corrected chi connectivity index (χ3v) is 15.7. The second kappa shape index (κ2) is 21.2. The van der Waals surface area contributed by atoms with Crippen molar-refractivity contribution in [3.63, 3.8) is 0 Å². The lowest BCUT2D eigenvalue weighted by atomic mass is 9.61. The molecule has 0 bridgehead atoms. The van der Waals surface area contributed by atoms with E-state index in [1.807, 2.05) is 0 Å². The summed E-state index contributed by atoms with van der Waals surface area (Å²) < 4.78 is 452. The van der Waals surface area contributed by atoms with Crippen LogP contribution in [0.3, 0.4) is 0 Å². The topological polar surface area (TPSA) is 6.48 Å². The first-order valence-electron chi connectivity index (χ1n) is 25.2. The highest BCUT2D eigenvalue weighted by molar-refractivity contribution is 5.93. The predicted octanol–water partition coefficient (Wildman–Crippen LogP) is 19.6. The van der Waals surface area contributed by atoms with Crippen LogP contribution in [0.25, 0.3) is 11.1 Å². The minimum Gasteiger partial charge on any atom is -0.304 e. The van der Waals surface area contributed by atoms with Crippen molar-refractivity contribution < 1.29 is 123 Å². The summed E-state index contributed by atoms with van der Waals surface area (Å²) in [5, 5.41) is 0. The van der Waals surface area contributed by atoms with Crippen LogP contribution in [0.5, 0.6) is 0 Å². The van der Waals surface area contributed by atoms with E-state index in [1.165, 1.54) is 0 Å². The standard InChI is InChI=1S/C62H16F28N2/c63-31-25(32(64)56(88)59(55(31)87)91-21-13-5-1-9-17(21)61(18-10-2-6-14-22(18)91,27-35(67)43(75)51(83)44(76)36(27)68)28-37(69)45(77)52(84)46(78)38(28)70)26-33(65)57(89)60(58(90)34(26)66)92-23-15-7-3-11-19(23)62(20-12-4-8-16-24(20)92,29-39(71)47(79)53(85)48(80)40(29)72)30-41(73)49(81)54(86)50(82)42(30)74/h1-16H. The molecule has 10 aromatic rings. The molecule has 2 heterocycles. The Hall–Kier alpha value is -10.2. The molecule has 0 amide bonds. The monoisotopic (exact) mass is 1320 g/mol. The molecule has 0 aliphatic carbocycles. The highest BCUT2D eigenvalue weighted by atomic mass is 19.2. The maximum absolute atomic E-state index is 17.3. The van der Waals surface area contributed by atoms with Gasteiger partial charge in [-0.2, -0.15) is 0 Å². The first-order valence-corrected chi connectivity index (χ1v) is 25.2. The normalized spacial score (nSPS) is 13.8. The number of rotatable bonds is 7. The summed E-state index contributed by atoms with van der Waals surface area (Å²) in [6, 6.07) is 8.71. The molecule has 0 spiro atoms. The van der Waals surface area contributed by atoms with E-state index >= 15 is 105 Å². The van der Waals surface area contributed by atoms with E-state index < -0.39 is 263 Å². The maximum atomic E-state index is 17.3. The Morgan fingerprint density at radius 3 is 0.500 bits per heavy atom. The molecule has 12 rings (SSSR count). The van der Waals surface area contributed by atoms with Crippen LogP contribution in [0.2, 0.25) is 0 Å². The van der Waals surface area contributed by atoms with E-state index in [0.717, 1.165) is 0 Å². The van der Waals surface area contributed by atoms with Gasteiger partial charge in [0, 0.05) is 22.3 Å². The minimum atomic E-state index is -4.19. The fourth-order valence-electron chi connectivity index (χ4n) is 12.1. The van der Waals surface area contributed by atoms with Crippen LogP contribution in [0.4, 0.5) is 157 Å². The fourth-order valence-corrected chi connectivity index (χ4v) is 12.1. The van der Waals surface area contributed by atoms with Crippen LogP contribution >= 0.6 is 0 Å². The highest BCUT2D eigenvalue weighted by Crippen LogP contribution is 2.64. The molecule has 2 aliphatic rings. The second-order valence-electron chi connectivity index (χ2n) is 20.0. The van der Waals surface area contributed by atoms with Crippen LogP contribution in [0, 0.1) is 163 Å². The van der Waals surface area contributed by atoms with Crippen molar-refractivity contribution in [1.82, 2.24) is 0 Å². The van der Waals surface area contributed by atoms with E-state index in [4.69, 9.17) is 0 Å². The molecule has 2 aliphatic heterocycles. The van der Waals surface area contributed by atoms with Gasteiger partial charge >= 0.3 is 0 Å². The molecule has 0 saturated carbocycles. The summed E-state index contributed by atoms with van der Waals surface area (Å²) >= 11 is 0. The number of para-hydroxylation sites is 4. The van der Waals surface area contributed by atoms with Crippen molar-refractivity contribution in [1.29, 1.82) is 0 Å². The first-order chi connectivity index (χ1) is 43.4. The van der Waals surface area contributed by atoms with Gasteiger partial charge in [0.1, 0.15) is 11.4 Å². The van der Waals surface area contributed by atoms with Gasteiger partial charge in [-0.25, -0.2) is 123 Å². The molecule has 470 valence electrons. The molecule has 0 unspecified atom stereocenters. The Bertz CT molecular complexity index is 4250. The number of nitrogens with zero attached hydrogens (tertiary/aromatic N) is 2. The summed E-state index contributed by atoms with van der Waals surface area (Å²) in [5.41, 5.74) is -39.9. The van der Waals surface area contributed by atoms with Crippen LogP contribution in [0.15, 0.2) is 97.1 Å². The summed E-state index contributed by atoms with van der Waals surface area (Å²) in [6.07, 6.45) is 0. The Labute approximate surface area is 492 Å². The summed E-state index contributed by atoms with van der Waals surface area (Å²) in [7, 11) is 0. The van der Waals surface area contributed by atoms with Crippen LogP contribution < -0.4 is 9.80 Å². The Kier molecular flexibility index (Phi) is 14.3. The molecule has 30 heteroatoms. The SMILES string of the molecule is Fc1c(F)c(F)c(C2(c3c(F)c(F)c(F)c(F)c3F)c3ccccc3N(c3c(F)c(F)c(-c4c(F)c(F)c(N5c6ccccc6C(c6c(F)c(F)c(F)c(F)c6F)(c6c(F)c(F)c(F)c(F)c6F)c6ccccc65)c(F)c4F)c(F)c3F)c3ccccc32)c(F)c1F. The Balaban J connectivity index is 1.11. The van der Waals surface area contributed by atoms with Gasteiger partial charge < -0.3 is 9.80 Å². The Morgan fingerprint density at radius 1 is 0.174 bits per heavy atom. The first kappa shape index (κ1) is 62.1. The van der Waals surface area contributed by atoms with Crippen LogP contribution in [-0.4, -0.2) is 0 Å². The summed E-state index contributed by atoms with van der Waals surface area (Å²) in [5.74, 6) is -84.3. The molecule has 0 fully saturated rings. The van der Waals surface area contributed by atoms with Crippen molar-refractivity contribution in [2.24, 2.45) is 0 Å². The number of anilines is 6. The second-order valence-corrected chi connectivity index (χ2v) is 20.0. The van der Waals surface area contributed by atoms with Crippen molar-refractivity contribution in [2.45, 2.75) is 10.8 Å². The van der Waals surface area contributed by atoms with E-state index in [0.29, 0.717) is 97.1 Å². The van der Waals surface area contributed by atoms with Crippen LogP contribution in [-0.2, 0) is 10.8 Å². The quantitative estimate of drug-likeness (QED) is 0.0891. The number of benzene rings is 10. The van der Waals surface area contributed by atoms with Gasteiger partial charge in [-0.05, 0) is 46.5 Å². The maximum Gasteiger partial charge on any atom is 0.200 e. The van der Waals surface area contributed by atoms with Crippen molar-refractivity contribution >= 4 is 34.1 Å². The molecular weight excluding hydrogens is 1300 g/mol. The van der Waals surface area contributed by atoms with Crippen molar-refractivity contribution in [3.05, 3.63) is 304 Å². The number of halogens is 28. The summed E-state index contributed by atoms with van der Waals surface area (Å²) in [4.78, 5) is -0.245. The van der Waals surface area contributed by atoms with Gasteiger partial charge in [0.05, 0.1) is 44.7 Å². The number of hydrogen-bond acceptors (Lipinski definition) is 2. The molecule has 2 nitrogen and oxygen atoms in total. The molecule has 92 heavy (non-hydrogen) atoms. The molecular formula is C62H16F28N2. The van der Waals surface area contributed by atoms with E-state index in [-0.39, 0.29) is 9.80 Å². The average Bonchev–Trinajstić information content (AvgIpc) is 0.685. The minimum absolute atomic E-state index is 0.122.